The first kappa shape index (κ1) is 17.8. The summed E-state index contributed by atoms with van der Waals surface area (Å²) in [5, 5.41) is 3.19. The lowest BCUT2D eigenvalue weighted by Crippen LogP contribution is -2.44. The second-order valence-corrected chi connectivity index (χ2v) is 6.93. The second kappa shape index (κ2) is 7.65. The fourth-order valence-corrected chi connectivity index (χ4v) is 3.78. The third-order valence-corrected chi connectivity index (χ3v) is 5.71. The molecule has 0 aliphatic heterocycles. The van der Waals surface area contributed by atoms with Crippen LogP contribution in [0.1, 0.15) is 71.1 Å². The molecule has 2 rings (SSSR count). The Morgan fingerprint density at radius 1 is 1.05 bits per heavy atom. The van der Waals surface area contributed by atoms with Gasteiger partial charge < -0.3 is 11.1 Å². The maximum Gasteiger partial charge on any atom is 0.220 e. The molecule has 0 aromatic heterocycles. The minimum absolute atomic E-state index is 0. The summed E-state index contributed by atoms with van der Waals surface area (Å²) in [6.07, 6.45) is 11.8. The molecule has 0 heterocycles. The fourth-order valence-electron chi connectivity index (χ4n) is 3.78. The lowest BCUT2D eigenvalue weighted by atomic mass is 9.67. The van der Waals surface area contributed by atoms with Gasteiger partial charge in [0, 0.05) is 13.0 Å². The van der Waals surface area contributed by atoms with E-state index in [1.807, 2.05) is 0 Å². The molecule has 1 amide bonds. The predicted octanol–water partition coefficient (Wildman–Crippen LogP) is 3.40. The molecule has 20 heavy (non-hydrogen) atoms. The molecule has 0 bridgehead atoms. The largest absolute Gasteiger partial charge is 0.356 e. The molecule has 0 spiro atoms. The highest BCUT2D eigenvalue weighted by molar-refractivity contribution is 5.85. The SMILES string of the molecule is CCC1(CNC(=O)CC2(CN)CCCCC2)CCC1.Cl. The zero-order chi connectivity index (χ0) is 13.8. The molecule has 2 saturated carbocycles. The number of nitrogens with one attached hydrogen (secondary N) is 1. The lowest BCUT2D eigenvalue weighted by Gasteiger charge is -2.42. The van der Waals surface area contributed by atoms with Crippen molar-refractivity contribution in [2.45, 2.75) is 71.1 Å². The average Bonchev–Trinajstić information content (AvgIpc) is 2.39. The molecule has 118 valence electrons. The van der Waals surface area contributed by atoms with E-state index in [0.29, 0.717) is 18.4 Å². The van der Waals surface area contributed by atoms with Gasteiger partial charge in [0.15, 0.2) is 0 Å². The number of rotatable bonds is 6. The Bertz CT molecular complexity index is 304. The van der Waals surface area contributed by atoms with E-state index in [4.69, 9.17) is 5.73 Å². The monoisotopic (exact) mass is 302 g/mol. The van der Waals surface area contributed by atoms with Crippen molar-refractivity contribution in [3.8, 4) is 0 Å². The first-order chi connectivity index (χ1) is 9.14. The van der Waals surface area contributed by atoms with Crippen molar-refractivity contribution in [3.05, 3.63) is 0 Å². The van der Waals surface area contributed by atoms with E-state index in [1.54, 1.807) is 0 Å². The molecule has 0 saturated heterocycles. The average molecular weight is 303 g/mol. The summed E-state index contributed by atoms with van der Waals surface area (Å²) >= 11 is 0. The number of carbonyl (C=O) groups excluding carboxylic acids is 1. The van der Waals surface area contributed by atoms with Gasteiger partial charge in [-0.1, -0.05) is 32.6 Å². The van der Waals surface area contributed by atoms with Gasteiger partial charge in [-0.05, 0) is 49.5 Å². The highest BCUT2D eigenvalue weighted by atomic mass is 35.5. The van der Waals surface area contributed by atoms with E-state index in [9.17, 15) is 4.79 Å². The van der Waals surface area contributed by atoms with Gasteiger partial charge in [0.1, 0.15) is 0 Å². The second-order valence-electron chi connectivity index (χ2n) is 6.93. The van der Waals surface area contributed by atoms with E-state index < -0.39 is 0 Å². The molecule has 4 heteroatoms. The van der Waals surface area contributed by atoms with Crippen LogP contribution in [0.3, 0.4) is 0 Å². The van der Waals surface area contributed by atoms with Crippen LogP contribution in [0.25, 0.3) is 0 Å². The molecule has 3 N–H and O–H groups in total. The quantitative estimate of drug-likeness (QED) is 0.790. The Morgan fingerprint density at radius 3 is 2.10 bits per heavy atom. The van der Waals surface area contributed by atoms with Gasteiger partial charge in [-0.25, -0.2) is 0 Å². The van der Waals surface area contributed by atoms with Gasteiger partial charge in [0.25, 0.3) is 0 Å². The van der Waals surface area contributed by atoms with Crippen LogP contribution in [0.15, 0.2) is 0 Å². The third kappa shape index (κ3) is 4.11. The first-order valence-electron chi connectivity index (χ1n) is 8.11. The van der Waals surface area contributed by atoms with Crippen LogP contribution in [0.4, 0.5) is 0 Å². The smallest absolute Gasteiger partial charge is 0.220 e. The zero-order valence-electron chi connectivity index (χ0n) is 12.9. The van der Waals surface area contributed by atoms with Crippen molar-refractivity contribution in [1.29, 1.82) is 0 Å². The van der Waals surface area contributed by atoms with Gasteiger partial charge in [-0.2, -0.15) is 0 Å². The van der Waals surface area contributed by atoms with Crippen LogP contribution in [0.2, 0.25) is 0 Å². The summed E-state index contributed by atoms with van der Waals surface area (Å²) < 4.78 is 0. The summed E-state index contributed by atoms with van der Waals surface area (Å²) in [6.45, 7) is 3.79. The maximum atomic E-state index is 12.2. The van der Waals surface area contributed by atoms with Crippen LogP contribution in [-0.2, 0) is 4.79 Å². The normalized spacial score (nSPS) is 23.3. The lowest BCUT2D eigenvalue weighted by molar-refractivity contribution is -0.124. The number of hydrogen-bond acceptors (Lipinski definition) is 2. The Hall–Kier alpha value is -0.280. The molecular formula is C16H31ClN2O. The van der Waals surface area contributed by atoms with Crippen LogP contribution in [-0.4, -0.2) is 19.0 Å². The summed E-state index contributed by atoms with van der Waals surface area (Å²) in [5.74, 6) is 0.229. The van der Waals surface area contributed by atoms with Crippen LogP contribution in [0, 0.1) is 10.8 Å². The Morgan fingerprint density at radius 2 is 1.65 bits per heavy atom. The van der Waals surface area contributed by atoms with Crippen molar-refractivity contribution in [1.82, 2.24) is 5.32 Å². The molecule has 2 fully saturated rings. The van der Waals surface area contributed by atoms with Crippen molar-refractivity contribution in [3.63, 3.8) is 0 Å². The molecule has 0 aromatic rings. The highest BCUT2D eigenvalue weighted by Crippen LogP contribution is 2.43. The molecule has 0 unspecified atom stereocenters. The predicted molar refractivity (Wildman–Crippen MR) is 86.0 cm³/mol. The topological polar surface area (TPSA) is 55.1 Å². The molecular weight excluding hydrogens is 272 g/mol. The van der Waals surface area contributed by atoms with E-state index >= 15 is 0 Å². The van der Waals surface area contributed by atoms with Crippen LogP contribution in [0.5, 0.6) is 0 Å². The summed E-state index contributed by atoms with van der Waals surface area (Å²) in [5.41, 5.74) is 6.47. The Kier molecular flexibility index (Phi) is 6.80. The summed E-state index contributed by atoms with van der Waals surface area (Å²) in [7, 11) is 0. The minimum Gasteiger partial charge on any atom is -0.356 e. The van der Waals surface area contributed by atoms with Crippen molar-refractivity contribution >= 4 is 18.3 Å². The Labute approximate surface area is 129 Å². The molecule has 0 atom stereocenters. The Balaban J connectivity index is 0.00000200. The van der Waals surface area contributed by atoms with E-state index in [1.165, 1.54) is 44.9 Å². The van der Waals surface area contributed by atoms with Crippen molar-refractivity contribution in [2.24, 2.45) is 16.6 Å². The van der Waals surface area contributed by atoms with E-state index in [-0.39, 0.29) is 23.7 Å². The summed E-state index contributed by atoms with van der Waals surface area (Å²) in [4.78, 5) is 12.2. The van der Waals surface area contributed by atoms with Gasteiger partial charge in [0.2, 0.25) is 5.91 Å². The number of amides is 1. The van der Waals surface area contributed by atoms with Gasteiger partial charge >= 0.3 is 0 Å². The molecule has 0 aromatic carbocycles. The van der Waals surface area contributed by atoms with E-state index in [2.05, 4.69) is 12.2 Å². The van der Waals surface area contributed by atoms with Gasteiger partial charge in [-0.3, -0.25) is 4.79 Å². The van der Waals surface area contributed by atoms with E-state index in [0.717, 1.165) is 19.4 Å². The minimum atomic E-state index is 0. The summed E-state index contributed by atoms with van der Waals surface area (Å²) in [6, 6.07) is 0. The van der Waals surface area contributed by atoms with Gasteiger partial charge in [-0.15, -0.1) is 12.4 Å². The maximum absolute atomic E-state index is 12.2. The fraction of sp³-hybridized carbons (Fsp3) is 0.938. The standard InChI is InChI=1S/C16H30N2O.ClH/c1-2-15(9-6-10-15)13-18-14(19)11-16(12-17)7-4-3-5-8-16;/h2-13,17H2,1H3,(H,18,19);1H. The number of nitrogens with two attached hydrogens (primary N) is 1. The molecule has 0 radical (unpaired) electrons. The highest BCUT2D eigenvalue weighted by Gasteiger charge is 2.37. The molecule has 2 aliphatic rings. The van der Waals surface area contributed by atoms with Crippen LogP contribution < -0.4 is 11.1 Å². The number of carbonyl (C=O) groups is 1. The first-order valence-corrected chi connectivity index (χ1v) is 8.11. The molecule has 2 aliphatic carbocycles. The van der Waals surface area contributed by atoms with Crippen LogP contribution >= 0.6 is 12.4 Å². The van der Waals surface area contributed by atoms with Gasteiger partial charge in [0.05, 0.1) is 0 Å². The van der Waals surface area contributed by atoms with Crippen molar-refractivity contribution < 1.29 is 4.79 Å². The number of hydrogen-bond donors (Lipinski definition) is 2. The van der Waals surface area contributed by atoms with Crippen molar-refractivity contribution in [2.75, 3.05) is 13.1 Å². The third-order valence-electron chi connectivity index (χ3n) is 5.71. The zero-order valence-corrected chi connectivity index (χ0v) is 13.7. The number of halogens is 1. The molecule has 3 nitrogen and oxygen atoms in total.